The van der Waals surface area contributed by atoms with E-state index in [9.17, 15) is 15.0 Å². The van der Waals surface area contributed by atoms with Crippen molar-refractivity contribution in [3.63, 3.8) is 0 Å². The quantitative estimate of drug-likeness (QED) is 0.826. The Balaban J connectivity index is 1.97. The van der Waals surface area contributed by atoms with Crippen molar-refractivity contribution >= 4 is 5.78 Å². The fraction of sp³-hybridized carbons (Fsp3) is 0.588. The maximum Gasteiger partial charge on any atom is 0.255 e. The number of Topliss-reactive ketones (excluding diaryl/α,β-unsaturated/α-hetero) is 1. The number of ketones is 1. The molecule has 4 atom stereocenters. The summed E-state index contributed by atoms with van der Waals surface area (Å²) in [5, 5.41) is 25.7. The third kappa shape index (κ3) is 1.64. The number of hydrogen-bond acceptors (Lipinski definition) is 7. The van der Waals surface area contributed by atoms with Crippen molar-refractivity contribution in [1.82, 2.24) is 10.1 Å². The average molecular weight is 334 g/mol. The monoisotopic (exact) mass is 334 g/mol. The van der Waals surface area contributed by atoms with Crippen molar-refractivity contribution in [2.45, 2.75) is 49.2 Å². The molecule has 0 spiro atoms. The van der Waals surface area contributed by atoms with Gasteiger partial charge in [0.05, 0.1) is 26.3 Å². The lowest BCUT2D eigenvalue weighted by atomic mass is 9.81. The molecule has 2 aliphatic carbocycles. The van der Waals surface area contributed by atoms with E-state index < -0.39 is 17.2 Å². The molecule has 3 aliphatic rings. The zero-order valence-corrected chi connectivity index (χ0v) is 13.8. The van der Waals surface area contributed by atoms with E-state index in [4.69, 9.17) is 9.68 Å². The summed E-state index contributed by atoms with van der Waals surface area (Å²) in [7, 11) is 2.88. The van der Waals surface area contributed by atoms with Crippen LogP contribution >= 0.6 is 0 Å². The zero-order valence-electron chi connectivity index (χ0n) is 13.8. The number of carbonyl (C=O) groups is 1. The molecule has 2 N–H and O–H groups in total. The Kier molecular flexibility index (Phi) is 3.58. The molecular formula is C17H22N2O5. The maximum absolute atomic E-state index is 13.0. The van der Waals surface area contributed by atoms with E-state index in [2.05, 4.69) is 0 Å². The first kappa shape index (κ1) is 16.1. The molecule has 2 fully saturated rings. The normalized spacial score (nSPS) is 39.4. The topological polar surface area (TPSA) is 82.5 Å². The van der Waals surface area contributed by atoms with E-state index in [0.29, 0.717) is 5.56 Å². The summed E-state index contributed by atoms with van der Waals surface area (Å²) in [6, 6.07) is 6.27. The minimum absolute atomic E-state index is 0.187. The average Bonchev–Trinajstić information content (AvgIpc) is 2.79. The first-order valence-corrected chi connectivity index (χ1v) is 8.27. The summed E-state index contributed by atoms with van der Waals surface area (Å²) in [6.45, 7) is 0. The van der Waals surface area contributed by atoms with Crippen molar-refractivity contribution in [3.05, 3.63) is 35.4 Å². The Labute approximate surface area is 140 Å². The first-order valence-electron chi connectivity index (χ1n) is 8.27. The zero-order chi connectivity index (χ0) is 17.1. The van der Waals surface area contributed by atoms with E-state index in [1.165, 1.54) is 24.3 Å². The number of nitrogens with zero attached hydrogens (tertiary/aromatic N) is 2. The van der Waals surface area contributed by atoms with Crippen LogP contribution in [0, 0.1) is 0 Å². The van der Waals surface area contributed by atoms with Crippen LogP contribution in [-0.2, 0) is 15.4 Å². The van der Waals surface area contributed by atoms with Gasteiger partial charge in [-0.15, -0.1) is 10.1 Å². The van der Waals surface area contributed by atoms with Crippen molar-refractivity contribution in [3.8, 4) is 0 Å². The largest absolute Gasteiger partial charge is 0.366 e. The number of aliphatic hydroxyl groups is 2. The van der Waals surface area contributed by atoms with E-state index in [1.54, 1.807) is 24.3 Å². The Bertz CT molecular complexity index is 683. The number of hydrogen-bond donors (Lipinski definition) is 2. The van der Waals surface area contributed by atoms with Crippen LogP contribution in [0.5, 0.6) is 0 Å². The molecule has 1 saturated carbocycles. The number of fused-ring (bicyclic) bond motifs is 4. The van der Waals surface area contributed by atoms with Gasteiger partial charge in [-0.25, -0.2) is 0 Å². The molecule has 1 aliphatic heterocycles. The Hall–Kier alpha value is -1.35. The van der Waals surface area contributed by atoms with Crippen molar-refractivity contribution < 1.29 is 24.7 Å². The summed E-state index contributed by atoms with van der Waals surface area (Å²) in [4.78, 5) is 24.0. The molecule has 1 aromatic rings. The third-order valence-corrected chi connectivity index (χ3v) is 5.68. The summed E-state index contributed by atoms with van der Waals surface area (Å²) in [6.07, 6.45) is 3.49. The molecule has 0 unspecified atom stereocenters. The molecule has 1 saturated heterocycles. The van der Waals surface area contributed by atoms with Crippen molar-refractivity contribution in [2.75, 3.05) is 14.2 Å². The van der Waals surface area contributed by atoms with Gasteiger partial charge in [0.25, 0.3) is 5.72 Å². The summed E-state index contributed by atoms with van der Waals surface area (Å²) < 4.78 is 0. The lowest BCUT2D eigenvalue weighted by Gasteiger charge is -2.59. The van der Waals surface area contributed by atoms with Gasteiger partial charge in [0.1, 0.15) is 0 Å². The lowest BCUT2D eigenvalue weighted by Crippen LogP contribution is -2.79. The van der Waals surface area contributed by atoms with E-state index in [-0.39, 0.29) is 17.6 Å². The first-order chi connectivity index (χ1) is 11.5. The van der Waals surface area contributed by atoms with Gasteiger partial charge in [0.2, 0.25) is 11.5 Å². The molecule has 1 heterocycles. The molecule has 1 aromatic carbocycles. The molecule has 130 valence electrons. The second-order valence-corrected chi connectivity index (χ2v) is 6.66. The van der Waals surface area contributed by atoms with Gasteiger partial charge in [0, 0.05) is 11.1 Å². The van der Waals surface area contributed by atoms with Crippen molar-refractivity contribution in [2.24, 2.45) is 0 Å². The second kappa shape index (κ2) is 5.32. The Morgan fingerprint density at radius 3 is 2.12 bits per heavy atom. The fourth-order valence-corrected chi connectivity index (χ4v) is 4.70. The van der Waals surface area contributed by atoms with Crippen LogP contribution in [-0.4, -0.2) is 58.2 Å². The molecule has 7 nitrogen and oxygen atoms in total. The van der Waals surface area contributed by atoms with Gasteiger partial charge < -0.3 is 10.2 Å². The lowest BCUT2D eigenvalue weighted by molar-refractivity contribution is -0.455. The number of rotatable bonds is 2. The highest BCUT2D eigenvalue weighted by Crippen LogP contribution is 2.54. The maximum atomic E-state index is 13.0. The van der Waals surface area contributed by atoms with Crippen molar-refractivity contribution in [1.29, 1.82) is 0 Å². The standard InChI is InChI=1S/C17H22N2O5/c1-23-18-13-9-5-6-10-14(13)19(24-2)17(22)15(20)11-7-3-4-8-12(11)16(17,18)21/h3-4,7-8,13-14,21-22H,5-6,9-10H2,1-2H3/t13-,14+,16+,17+/m1/s1. The predicted octanol–water partition coefficient (Wildman–Crippen LogP) is 0.768. The molecule has 24 heavy (non-hydrogen) atoms. The third-order valence-electron chi connectivity index (χ3n) is 5.68. The van der Waals surface area contributed by atoms with E-state index in [0.717, 1.165) is 25.7 Å². The molecule has 0 amide bonds. The molecule has 4 rings (SSSR count). The minimum Gasteiger partial charge on any atom is -0.366 e. The Morgan fingerprint density at radius 2 is 1.54 bits per heavy atom. The highest BCUT2D eigenvalue weighted by molar-refractivity contribution is 6.08. The van der Waals surface area contributed by atoms with Crippen LogP contribution in [0.4, 0.5) is 0 Å². The van der Waals surface area contributed by atoms with Crippen LogP contribution in [0.15, 0.2) is 24.3 Å². The molecule has 0 bridgehead atoms. The van der Waals surface area contributed by atoms with Crippen LogP contribution in [0.25, 0.3) is 0 Å². The molecule has 7 heteroatoms. The van der Waals surface area contributed by atoms with Gasteiger partial charge in [-0.05, 0) is 12.8 Å². The Morgan fingerprint density at radius 1 is 1.00 bits per heavy atom. The van der Waals surface area contributed by atoms with E-state index in [1.807, 2.05) is 0 Å². The molecule has 0 radical (unpaired) electrons. The van der Waals surface area contributed by atoms with Crippen LogP contribution in [0.3, 0.4) is 0 Å². The van der Waals surface area contributed by atoms with Gasteiger partial charge >= 0.3 is 0 Å². The minimum atomic E-state index is -2.25. The second-order valence-electron chi connectivity index (χ2n) is 6.66. The van der Waals surface area contributed by atoms with Crippen LogP contribution in [0.2, 0.25) is 0 Å². The number of benzene rings is 1. The molecule has 0 aromatic heterocycles. The highest BCUT2D eigenvalue weighted by atomic mass is 16.7. The molecular weight excluding hydrogens is 312 g/mol. The van der Waals surface area contributed by atoms with Crippen LogP contribution in [0.1, 0.15) is 41.6 Å². The number of carbonyl (C=O) groups excluding carboxylic acids is 1. The van der Waals surface area contributed by atoms with Gasteiger partial charge in [-0.1, -0.05) is 37.1 Å². The number of piperazine rings is 1. The summed E-state index contributed by atoms with van der Waals surface area (Å²) in [5.41, 5.74) is -3.65. The SMILES string of the molecule is CON1[C@H]2CCCC[C@H]2N(OC)[C@]2(O)c3ccccc3C(=O)[C@@]12O. The fourth-order valence-electron chi connectivity index (χ4n) is 4.70. The smallest absolute Gasteiger partial charge is 0.255 e. The summed E-state index contributed by atoms with van der Waals surface area (Å²) in [5.74, 6) is -0.575. The van der Waals surface area contributed by atoms with Gasteiger partial charge in [0.15, 0.2) is 0 Å². The predicted molar refractivity (Wildman–Crippen MR) is 83.4 cm³/mol. The highest BCUT2D eigenvalue weighted by Gasteiger charge is 2.75. The number of hydroxylamine groups is 4. The van der Waals surface area contributed by atoms with E-state index >= 15 is 0 Å². The van der Waals surface area contributed by atoms with Gasteiger partial charge in [-0.2, -0.15) is 0 Å². The van der Waals surface area contributed by atoms with Gasteiger partial charge in [-0.3, -0.25) is 14.5 Å². The van der Waals surface area contributed by atoms with Crippen LogP contribution < -0.4 is 0 Å². The summed E-state index contributed by atoms with van der Waals surface area (Å²) >= 11 is 0.